The normalized spacial score (nSPS) is 23.9. The Morgan fingerprint density at radius 3 is 2.30 bits per heavy atom. The highest BCUT2D eigenvalue weighted by atomic mass is 32.2. The van der Waals surface area contributed by atoms with Crippen molar-refractivity contribution in [3.8, 4) is 11.8 Å². The molecule has 2 unspecified atom stereocenters. The van der Waals surface area contributed by atoms with Gasteiger partial charge < -0.3 is 9.80 Å². The number of carbonyl (C=O) groups excluding carboxylic acids is 2. The van der Waals surface area contributed by atoms with E-state index >= 15 is 0 Å². The van der Waals surface area contributed by atoms with Gasteiger partial charge in [-0.1, -0.05) is 54.0 Å². The first-order chi connectivity index (χ1) is 13.1. The molecule has 4 rings (SSSR count). The lowest BCUT2D eigenvalue weighted by Crippen LogP contribution is -2.35. The fourth-order valence-electron chi connectivity index (χ4n) is 3.91. The Hall–Kier alpha value is -2.45. The zero-order valence-corrected chi connectivity index (χ0v) is 16.2. The molecule has 0 bridgehead atoms. The number of hydrogen-bond donors (Lipinski definition) is 0. The van der Waals surface area contributed by atoms with E-state index in [0.717, 1.165) is 48.0 Å². The number of rotatable bonds is 1. The number of hydrogen-bond acceptors (Lipinski definition) is 3. The van der Waals surface area contributed by atoms with Gasteiger partial charge in [0.15, 0.2) is 0 Å². The minimum absolute atomic E-state index is 0.107. The highest BCUT2D eigenvalue weighted by Gasteiger charge is 2.42. The van der Waals surface area contributed by atoms with Gasteiger partial charge >= 0.3 is 0 Å². The number of fused-ring (bicyclic) bond motifs is 1. The van der Waals surface area contributed by atoms with Crippen LogP contribution in [0.3, 0.4) is 0 Å². The lowest BCUT2D eigenvalue weighted by Gasteiger charge is -2.22. The van der Waals surface area contributed by atoms with Gasteiger partial charge in [-0.25, -0.2) is 0 Å². The number of thioether (sulfide) groups is 1. The smallest absolute Gasteiger partial charge is 0.260 e. The number of allylic oxidation sites excluding steroid dienone is 3. The maximum atomic E-state index is 12.9. The third kappa shape index (κ3) is 3.96. The average Bonchev–Trinajstić information content (AvgIpc) is 3.26. The van der Waals surface area contributed by atoms with Gasteiger partial charge in [0.2, 0.25) is 5.91 Å². The van der Waals surface area contributed by atoms with E-state index in [1.54, 1.807) is 6.92 Å². The van der Waals surface area contributed by atoms with Crippen LogP contribution in [-0.2, 0) is 9.59 Å². The van der Waals surface area contributed by atoms with Crippen LogP contribution in [0.4, 0.5) is 0 Å². The molecular weight excluding hydrogens is 356 g/mol. The molecule has 2 amide bonds. The molecule has 138 valence electrons. The van der Waals surface area contributed by atoms with Crippen molar-refractivity contribution in [2.24, 2.45) is 11.8 Å². The van der Waals surface area contributed by atoms with E-state index in [2.05, 4.69) is 17.9 Å². The lowest BCUT2D eigenvalue weighted by atomic mass is 10.0. The highest BCUT2D eigenvalue weighted by Crippen LogP contribution is 2.36. The molecule has 3 heterocycles. The third-order valence-corrected chi connectivity index (χ3v) is 6.41. The number of benzene rings is 1. The molecule has 2 fully saturated rings. The fourth-order valence-corrected chi connectivity index (χ4v) is 4.82. The summed E-state index contributed by atoms with van der Waals surface area (Å²) >= 11 is 1.47. The van der Waals surface area contributed by atoms with Crippen molar-refractivity contribution in [3.05, 3.63) is 57.9 Å². The summed E-state index contributed by atoms with van der Waals surface area (Å²) < 4.78 is 0. The standard InChI is InChI=1S/C22H22N2O2S/c1-16(25)23-12-18-14-24(15-19(18)13-23)22(26)21-9-5-8-20(27-21)11-10-17-6-3-2-4-7-17/h2-4,6-9,18-19H,5,12-15H2,1H3. The van der Waals surface area contributed by atoms with Crippen LogP contribution in [0, 0.1) is 23.7 Å². The van der Waals surface area contributed by atoms with Crippen molar-refractivity contribution in [2.45, 2.75) is 13.3 Å². The minimum atomic E-state index is 0.107. The zero-order chi connectivity index (χ0) is 18.8. The summed E-state index contributed by atoms with van der Waals surface area (Å²) in [4.78, 5) is 30.1. The van der Waals surface area contributed by atoms with Crippen LogP contribution in [0.25, 0.3) is 0 Å². The van der Waals surface area contributed by atoms with Crippen molar-refractivity contribution < 1.29 is 9.59 Å². The SMILES string of the molecule is CC(=O)N1CC2CN(C(=O)C3=CCC=C(C#Cc4ccccc4)S3)CC2C1. The lowest BCUT2D eigenvalue weighted by molar-refractivity contribution is -0.128. The van der Waals surface area contributed by atoms with Crippen LogP contribution in [0.2, 0.25) is 0 Å². The molecule has 4 nitrogen and oxygen atoms in total. The average molecular weight is 378 g/mol. The van der Waals surface area contributed by atoms with E-state index < -0.39 is 0 Å². The Kier molecular flexibility index (Phi) is 5.09. The Balaban J connectivity index is 1.36. The number of amides is 2. The molecular formula is C22H22N2O2S. The molecule has 0 aromatic heterocycles. The summed E-state index contributed by atoms with van der Waals surface area (Å²) in [6.07, 6.45) is 4.81. The molecule has 0 spiro atoms. The van der Waals surface area contributed by atoms with Gasteiger partial charge in [0.05, 0.1) is 9.81 Å². The van der Waals surface area contributed by atoms with Crippen LogP contribution in [-0.4, -0.2) is 47.8 Å². The zero-order valence-electron chi connectivity index (χ0n) is 15.4. The van der Waals surface area contributed by atoms with Gasteiger partial charge in [-0.15, -0.1) is 0 Å². The quantitative estimate of drug-likeness (QED) is 0.706. The molecule has 0 aliphatic carbocycles. The van der Waals surface area contributed by atoms with E-state index in [-0.39, 0.29) is 11.8 Å². The van der Waals surface area contributed by atoms with Gasteiger partial charge in [-0.2, -0.15) is 0 Å². The first kappa shape index (κ1) is 17.9. The topological polar surface area (TPSA) is 40.6 Å². The molecule has 1 aromatic rings. The molecule has 5 heteroatoms. The molecule has 0 radical (unpaired) electrons. The van der Waals surface area contributed by atoms with Gasteiger partial charge in [0, 0.05) is 50.5 Å². The van der Waals surface area contributed by atoms with Crippen LogP contribution in [0.1, 0.15) is 18.9 Å². The summed E-state index contributed by atoms with van der Waals surface area (Å²) in [5, 5.41) is 0. The monoisotopic (exact) mass is 378 g/mol. The minimum Gasteiger partial charge on any atom is -0.342 e. The maximum Gasteiger partial charge on any atom is 0.260 e. The van der Waals surface area contributed by atoms with E-state index in [0.29, 0.717) is 11.8 Å². The summed E-state index contributed by atoms with van der Waals surface area (Å²) in [6, 6.07) is 9.88. The Labute approximate surface area is 164 Å². The second-order valence-corrected chi connectivity index (χ2v) is 8.33. The Morgan fingerprint density at radius 2 is 1.63 bits per heavy atom. The highest BCUT2D eigenvalue weighted by molar-refractivity contribution is 8.07. The number of likely N-dealkylation sites (tertiary alicyclic amines) is 2. The number of nitrogens with zero attached hydrogens (tertiary/aromatic N) is 2. The molecule has 27 heavy (non-hydrogen) atoms. The van der Waals surface area contributed by atoms with E-state index in [1.165, 1.54) is 11.8 Å². The summed E-state index contributed by atoms with van der Waals surface area (Å²) in [5.74, 6) is 7.43. The molecule has 0 N–H and O–H groups in total. The van der Waals surface area contributed by atoms with Gasteiger partial charge in [0.25, 0.3) is 5.91 Å². The molecule has 0 saturated carbocycles. The van der Waals surface area contributed by atoms with Gasteiger partial charge in [-0.3, -0.25) is 9.59 Å². The first-order valence-corrected chi connectivity index (χ1v) is 10.1. The van der Waals surface area contributed by atoms with Gasteiger partial charge in [-0.05, 0) is 18.6 Å². The maximum absolute atomic E-state index is 12.9. The van der Waals surface area contributed by atoms with Crippen molar-refractivity contribution in [1.29, 1.82) is 0 Å². The summed E-state index contributed by atoms with van der Waals surface area (Å²) in [7, 11) is 0. The third-order valence-electron chi connectivity index (χ3n) is 5.36. The predicted molar refractivity (Wildman–Crippen MR) is 108 cm³/mol. The number of carbonyl (C=O) groups is 2. The van der Waals surface area contributed by atoms with E-state index in [4.69, 9.17) is 0 Å². The van der Waals surface area contributed by atoms with Crippen LogP contribution < -0.4 is 0 Å². The second-order valence-electron chi connectivity index (χ2n) is 7.24. The molecule has 1 aromatic carbocycles. The van der Waals surface area contributed by atoms with Crippen molar-refractivity contribution in [1.82, 2.24) is 9.80 Å². The molecule has 2 saturated heterocycles. The Morgan fingerprint density at radius 1 is 0.963 bits per heavy atom. The molecule has 3 aliphatic heterocycles. The van der Waals surface area contributed by atoms with E-state index in [9.17, 15) is 9.59 Å². The van der Waals surface area contributed by atoms with Crippen molar-refractivity contribution in [2.75, 3.05) is 26.2 Å². The Bertz CT molecular complexity index is 865. The van der Waals surface area contributed by atoms with Crippen LogP contribution >= 0.6 is 11.8 Å². The van der Waals surface area contributed by atoms with Gasteiger partial charge in [0.1, 0.15) is 0 Å². The van der Waals surface area contributed by atoms with Crippen LogP contribution in [0.5, 0.6) is 0 Å². The second kappa shape index (κ2) is 7.66. The van der Waals surface area contributed by atoms with Crippen LogP contribution in [0.15, 0.2) is 52.3 Å². The first-order valence-electron chi connectivity index (χ1n) is 9.30. The largest absolute Gasteiger partial charge is 0.342 e. The summed E-state index contributed by atoms with van der Waals surface area (Å²) in [6.45, 7) is 4.69. The van der Waals surface area contributed by atoms with E-state index in [1.807, 2.05) is 46.2 Å². The predicted octanol–water partition coefficient (Wildman–Crippen LogP) is 2.88. The molecule has 2 atom stereocenters. The molecule has 3 aliphatic rings. The van der Waals surface area contributed by atoms with Crippen molar-refractivity contribution in [3.63, 3.8) is 0 Å². The fraction of sp³-hybridized carbons (Fsp3) is 0.364. The summed E-state index contributed by atoms with van der Waals surface area (Å²) in [5.41, 5.74) is 0.976. The van der Waals surface area contributed by atoms with Crippen molar-refractivity contribution >= 4 is 23.6 Å².